The van der Waals surface area contributed by atoms with Crippen LogP contribution in [0, 0.1) is 11.7 Å². The molecule has 2 aliphatic rings. The molecule has 0 bridgehead atoms. The van der Waals surface area contributed by atoms with Crippen molar-refractivity contribution < 1.29 is 19.1 Å². The number of aliphatic carboxylic acids is 1. The van der Waals surface area contributed by atoms with Crippen LogP contribution in [0.2, 0.25) is 0 Å². The SMILES string of the molecule is CCCCCCCCCC(CC(=O)O)CN1C(=O)CCc2ccc(CCN3CCN(c4cc(F)cc5sccc45)CC3)cc21. The van der Waals surface area contributed by atoms with Gasteiger partial charge in [0.05, 0.1) is 0 Å². The predicted octanol–water partition coefficient (Wildman–Crippen LogP) is 7.92. The minimum absolute atomic E-state index is 0.0357. The van der Waals surface area contributed by atoms with Crippen molar-refractivity contribution in [3.05, 3.63) is 58.7 Å². The van der Waals surface area contributed by atoms with Gasteiger partial charge in [-0.25, -0.2) is 4.39 Å². The number of carboxylic acids is 1. The van der Waals surface area contributed by atoms with Crippen LogP contribution in [0.15, 0.2) is 41.8 Å². The van der Waals surface area contributed by atoms with E-state index in [1.807, 2.05) is 10.3 Å². The number of hydrogen-bond acceptors (Lipinski definition) is 5. The Labute approximate surface area is 265 Å². The molecule has 1 fully saturated rings. The van der Waals surface area contributed by atoms with E-state index in [0.29, 0.717) is 13.0 Å². The van der Waals surface area contributed by atoms with Crippen molar-refractivity contribution in [2.45, 2.75) is 84.0 Å². The molecule has 1 saturated heterocycles. The minimum Gasteiger partial charge on any atom is -0.481 e. The maximum Gasteiger partial charge on any atom is 0.303 e. The van der Waals surface area contributed by atoms with Crippen LogP contribution >= 0.6 is 11.3 Å². The second-order valence-electron chi connectivity index (χ2n) is 12.7. The van der Waals surface area contributed by atoms with Gasteiger partial charge in [0.25, 0.3) is 0 Å². The van der Waals surface area contributed by atoms with Gasteiger partial charge in [0.1, 0.15) is 5.82 Å². The summed E-state index contributed by atoms with van der Waals surface area (Å²) in [5.74, 6) is -0.887. The van der Waals surface area contributed by atoms with Crippen LogP contribution in [-0.2, 0) is 22.4 Å². The standard InChI is InChI=1S/C36H48FN3O3S/c1-2-3-4-5-6-7-8-9-28(23-36(42)43)26-40-32-22-27(10-11-29(32)12-13-35(40)41)14-16-38-17-19-39(20-18-38)33-24-30(37)25-34-31(33)15-21-44-34/h10-11,15,21-22,24-25,28H,2-9,12-14,16-20,23,26H2,1H3,(H,42,43). The Morgan fingerprint density at radius 1 is 0.955 bits per heavy atom. The van der Waals surface area contributed by atoms with Gasteiger partial charge < -0.3 is 14.9 Å². The van der Waals surface area contributed by atoms with Crippen molar-refractivity contribution in [2.75, 3.05) is 49.1 Å². The van der Waals surface area contributed by atoms with Gasteiger partial charge in [-0.2, -0.15) is 0 Å². The summed E-state index contributed by atoms with van der Waals surface area (Å²) in [5, 5.41) is 12.8. The Kier molecular flexibility index (Phi) is 11.7. The van der Waals surface area contributed by atoms with Crippen molar-refractivity contribution in [2.24, 2.45) is 5.92 Å². The molecule has 0 aliphatic carbocycles. The number of rotatable bonds is 16. The van der Waals surface area contributed by atoms with Crippen LogP contribution in [0.5, 0.6) is 0 Å². The van der Waals surface area contributed by atoms with Crippen molar-refractivity contribution in [1.82, 2.24) is 4.90 Å². The normalized spacial score (nSPS) is 16.5. The van der Waals surface area contributed by atoms with E-state index >= 15 is 0 Å². The van der Waals surface area contributed by atoms with Crippen LogP contribution in [-0.4, -0.2) is 61.2 Å². The third-order valence-electron chi connectivity index (χ3n) is 9.41. The fourth-order valence-electron chi connectivity index (χ4n) is 6.87. The summed E-state index contributed by atoms with van der Waals surface area (Å²) in [6.45, 7) is 7.21. The molecular formula is C36H48FN3O3S. The third-order valence-corrected chi connectivity index (χ3v) is 10.3. The number of benzene rings is 2. The van der Waals surface area contributed by atoms with Crippen molar-refractivity contribution in [3.8, 4) is 0 Å². The highest BCUT2D eigenvalue weighted by atomic mass is 32.1. The zero-order chi connectivity index (χ0) is 30.9. The monoisotopic (exact) mass is 621 g/mol. The molecule has 1 atom stereocenters. The lowest BCUT2D eigenvalue weighted by molar-refractivity contribution is -0.138. The zero-order valence-corrected chi connectivity index (χ0v) is 27.1. The van der Waals surface area contributed by atoms with Crippen molar-refractivity contribution in [1.29, 1.82) is 0 Å². The van der Waals surface area contributed by atoms with Crippen LogP contribution < -0.4 is 9.80 Å². The summed E-state index contributed by atoms with van der Waals surface area (Å²) < 4.78 is 15.2. The number of carboxylic acid groups (broad SMARTS) is 1. The maximum absolute atomic E-state index is 14.2. The molecule has 0 saturated carbocycles. The first kappa shape index (κ1) is 32.4. The molecule has 1 N–H and O–H groups in total. The number of piperazine rings is 1. The summed E-state index contributed by atoms with van der Waals surface area (Å²) >= 11 is 1.58. The van der Waals surface area contributed by atoms with E-state index in [1.54, 1.807) is 23.5 Å². The van der Waals surface area contributed by atoms with Gasteiger partial charge in [-0.15, -0.1) is 11.3 Å². The van der Waals surface area contributed by atoms with Crippen LogP contribution in [0.4, 0.5) is 15.8 Å². The Hall–Kier alpha value is -2.97. The Morgan fingerprint density at radius 2 is 1.73 bits per heavy atom. The smallest absolute Gasteiger partial charge is 0.303 e. The topological polar surface area (TPSA) is 64.1 Å². The molecule has 1 amide bonds. The number of thiophene rings is 1. The van der Waals surface area contributed by atoms with E-state index in [0.717, 1.165) is 86.3 Å². The molecule has 44 heavy (non-hydrogen) atoms. The number of anilines is 2. The van der Waals surface area contributed by atoms with Crippen molar-refractivity contribution in [3.63, 3.8) is 0 Å². The highest BCUT2D eigenvalue weighted by Crippen LogP contribution is 2.33. The number of carbonyl (C=O) groups excluding carboxylic acids is 1. The second kappa shape index (κ2) is 15.8. The first-order valence-corrected chi connectivity index (χ1v) is 17.6. The number of unbranched alkanes of at least 4 members (excludes halogenated alkanes) is 6. The summed E-state index contributed by atoms with van der Waals surface area (Å²) in [6.07, 6.45) is 11.5. The highest BCUT2D eigenvalue weighted by molar-refractivity contribution is 7.17. The molecule has 6 nitrogen and oxygen atoms in total. The number of amides is 1. The quantitative estimate of drug-likeness (QED) is 0.165. The molecule has 3 heterocycles. The molecule has 1 unspecified atom stereocenters. The number of fused-ring (bicyclic) bond motifs is 2. The average Bonchev–Trinajstić information content (AvgIpc) is 3.49. The van der Waals surface area contributed by atoms with Gasteiger partial charge in [0.2, 0.25) is 5.91 Å². The molecule has 2 aromatic carbocycles. The van der Waals surface area contributed by atoms with E-state index < -0.39 is 5.97 Å². The summed E-state index contributed by atoms with van der Waals surface area (Å²) in [4.78, 5) is 31.5. The van der Waals surface area contributed by atoms with E-state index in [9.17, 15) is 19.1 Å². The lowest BCUT2D eigenvalue weighted by Gasteiger charge is -2.36. The first-order valence-electron chi connectivity index (χ1n) is 16.7. The van der Waals surface area contributed by atoms with Crippen LogP contribution in [0.25, 0.3) is 10.1 Å². The Balaban J connectivity index is 1.16. The fourth-order valence-corrected chi connectivity index (χ4v) is 7.70. The van der Waals surface area contributed by atoms with Gasteiger partial charge in [-0.1, -0.05) is 64.0 Å². The lowest BCUT2D eigenvalue weighted by Crippen LogP contribution is -2.47. The predicted molar refractivity (Wildman–Crippen MR) is 180 cm³/mol. The fraction of sp³-hybridized carbons (Fsp3) is 0.556. The summed E-state index contributed by atoms with van der Waals surface area (Å²) in [5.41, 5.74) is 4.36. The maximum atomic E-state index is 14.2. The van der Waals surface area contributed by atoms with Crippen LogP contribution in [0.3, 0.4) is 0 Å². The van der Waals surface area contributed by atoms with E-state index in [4.69, 9.17) is 0 Å². The minimum atomic E-state index is -0.784. The molecule has 5 rings (SSSR count). The largest absolute Gasteiger partial charge is 0.481 e. The van der Waals surface area contributed by atoms with Crippen molar-refractivity contribution >= 4 is 44.7 Å². The molecule has 0 radical (unpaired) electrons. The number of carbonyl (C=O) groups is 2. The van der Waals surface area contributed by atoms with E-state index in [2.05, 4.69) is 41.0 Å². The molecular weight excluding hydrogens is 573 g/mol. The number of aryl methyl sites for hydroxylation is 1. The van der Waals surface area contributed by atoms with Gasteiger partial charge in [0, 0.05) is 73.6 Å². The molecule has 2 aliphatic heterocycles. The first-order chi connectivity index (χ1) is 21.4. The summed E-state index contributed by atoms with van der Waals surface area (Å²) in [7, 11) is 0. The Morgan fingerprint density at radius 3 is 2.50 bits per heavy atom. The average molecular weight is 622 g/mol. The Bertz CT molecular complexity index is 1400. The van der Waals surface area contributed by atoms with Gasteiger partial charge in [0.15, 0.2) is 0 Å². The van der Waals surface area contributed by atoms with Gasteiger partial charge in [-0.3, -0.25) is 14.5 Å². The number of hydrogen-bond donors (Lipinski definition) is 1. The molecule has 1 aromatic heterocycles. The molecule has 3 aromatic rings. The van der Waals surface area contributed by atoms with Gasteiger partial charge in [-0.05, 0) is 66.0 Å². The number of nitrogens with zero attached hydrogens (tertiary/aromatic N) is 3. The van der Waals surface area contributed by atoms with Gasteiger partial charge >= 0.3 is 5.97 Å². The van der Waals surface area contributed by atoms with Crippen LogP contribution in [0.1, 0.15) is 82.3 Å². The van der Waals surface area contributed by atoms with E-state index in [1.165, 1.54) is 43.2 Å². The third kappa shape index (κ3) is 8.60. The zero-order valence-electron chi connectivity index (χ0n) is 26.2. The highest BCUT2D eigenvalue weighted by Gasteiger charge is 2.28. The molecule has 8 heteroatoms. The second-order valence-corrected chi connectivity index (χ2v) is 13.6. The molecule has 0 spiro atoms. The van der Waals surface area contributed by atoms with E-state index in [-0.39, 0.29) is 24.1 Å². The summed E-state index contributed by atoms with van der Waals surface area (Å²) in [6, 6.07) is 11.9. The lowest BCUT2D eigenvalue weighted by atomic mass is 9.93. The number of halogens is 1. The molecule has 238 valence electrons.